The second-order valence-corrected chi connectivity index (χ2v) is 12.3. The molecular formula is C29H37BrF2N2O5. The highest BCUT2D eigenvalue weighted by Gasteiger charge is 2.47. The molecular weight excluding hydrogens is 574 g/mol. The van der Waals surface area contributed by atoms with Gasteiger partial charge in [0.1, 0.15) is 17.2 Å². The van der Waals surface area contributed by atoms with Crippen LogP contribution in [0.4, 0.5) is 13.6 Å². The lowest BCUT2D eigenvalue weighted by Gasteiger charge is -2.45. The second kappa shape index (κ2) is 12.2. The molecule has 2 fully saturated rings. The summed E-state index contributed by atoms with van der Waals surface area (Å²) in [5, 5.41) is 17.6. The highest BCUT2D eigenvalue weighted by atomic mass is 79.9. The first kappa shape index (κ1) is 29.9. The molecule has 0 bridgehead atoms. The Kier molecular flexibility index (Phi) is 9.33. The van der Waals surface area contributed by atoms with Crippen molar-refractivity contribution in [2.24, 2.45) is 0 Å². The molecule has 2 aromatic carbocycles. The molecule has 0 radical (unpaired) electrons. The highest BCUT2D eigenvalue weighted by Crippen LogP contribution is 2.45. The lowest BCUT2D eigenvalue weighted by molar-refractivity contribution is -0.187. The van der Waals surface area contributed by atoms with E-state index in [0.717, 1.165) is 16.1 Å². The number of carbonyl (C=O) groups is 1. The van der Waals surface area contributed by atoms with Gasteiger partial charge in [0.05, 0.1) is 25.4 Å². The summed E-state index contributed by atoms with van der Waals surface area (Å²) < 4.78 is 46.0. The third-order valence-corrected chi connectivity index (χ3v) is 7.74. The Morgan fingerprint density at radius 3 is 2.31 bits per heavy atom. The van der Waals surface area contributed by atoms with Crippen LogP contribution in [0.15, 0.2) is 46.9 Å². The Balaban J connectivity index is 1.53. The van der Waals surface area contributed by atoms with E-state index in [1.165, 1.54) is 12.1 Å². The predicted octanol–water partition coefficient (Wildman–Crippen LogP) is 5.33. The van der Waals surface area contributed by atoms with Gasteiger partial charge in [-0.05, 0) is 75.4 Å². The van der Waals surface area contributed by atoms with Crippen LogP contribution in [0.1, 0.15) is 57.6 Å². The SMILES string of the molecule is CC(C)(C)OC(=O)NC(Cc1cc(F)cc(F)c1)C(O)CNC1(c2cccc(Br)c2)CCC2(CC1)OCCO2. The van der Waals surface area contributed by atoms with Crippen molar-refractivity contribution in [1.29, 1.82) is 0 Å². The van der Waals surface area contributed by atoms with Crippen LogP contribution in [0.25, 0.3) is 0 Å². The largest absolute Gasteiger partial charge is 0.444 e. The van der Waals surface area contributed by atoms with Crippen molar-refractivity contribution in [2.45, 2.75) is 81.9 Å². The fourth-order valence-corrected chi connectivity index (χ4v) is 5.76. The number of alkyl carbamates (subject to hydrolysis) is 1. The van der Waals surface area contributed by atoms with Gasteiger partial charge in [-0.25, -0.2) is 13.6 Å². The number of carbonyl (C=O) groups excluding carboxylic acids is 1. The maximum atomic E-state index is 13.9. The zero-order valence-corrected chi connectivity index (χ0v) is 24.2. The second-order valence-electron chi connectivity index (χ2n) is 11.4. The Morgan fingerprint density at radius 1 is 1.08 bits per heavy atom. The van der Waals surface area contributed by atoms with E-state index < -0.39 is 46.8 Å². The molecule has 2 unspecified atom stereocenters. The van der Waals surface area contributed by atoms with Gasteiger partial charge in [-0.3, -0.25) is 0 Å². The van der Waals surface area contributed by atoms with Crippen molar-refractivity contribution in [1.82, 2.24) is 10.6 Å². The summed E-state index contributed by atoms with van der Waals surface area (Å²) in [5.41, 5.74) is 0.133. The number of nitrogens with one attached hydrogen (secondary N) is 2. The Hall–Kier alpha value is -2.11. The highest BCUT2D eigenvalue weighted by molar-refractivity contribution is 9.10. The zero-order chi connectivity index (χ0) is 28.3. The number of ether oxygens (including phenoxy) is 3. The number of halogens is 3. The summed E-state index contributed by atoms with van der Waals surface area (Å²) in [5.74, 6) is -2.03. The van der Waals surface area contributed by atoms with Crippen molar-refractivity contribution in [2.75, 3.05) is 19.8 Å². The van der Waals surface area contributed by atoms with E-state index in [4.69, 9.17) is 14.2 Å². The van der Waals surface area contributed by atoms with Gasteiger partial charge in [0.25, 0.3) is 0 Å². The summed E-state index contributed by atoms with van der Waals surface area (Å²) in [7, 11) is 0. The van der Waals surface area contributed by atoms with Gasteiger partial charge >= 0.3 is 6.09 Å². The van der Waals surface area contributed by atoms with Gasteiger partial charge in [0.2, 0.25) is 0 Å². The molecule has 2 aromatic rings. The van der Waals surface area contributed by atoms with Crippen LogP contribution in [0.5, 0.6) is 0 Å². The van der Waals surface area contributed by atoms with Crippen LogP contribution in [0.3, 0.4) is 0 Å². The van der Waals surface area contributed by atoms with Crippen molar-refractivity contribution < 1.29 is 32.9 Å². The van der Waals surface area contributed by atoms with E-state index in [1.54, 1.807) is 20.8 Å². The summed E-state index contributed by atoms with van der Waals surface area (Å²) in [4.78, 5) is 12.6. The molecule has 10 heteroatoms. The van der Waals surface area contributed by atoms with Gasteiger partial charge in [0, 0.05) is 35.5 Å². The minimum absolute atomic E-state index is 0.00540. The quantitative estimate of drug-likeness (QED) is 0.375. The van der Waals surface area contributed by atoms with Gasteiger partial charge in [-0.2, -0.15) is 0 Å². The molecule has 1 saturated carbocycles. The lowest BCUT2D eigenvalue weighted by Crippen LogP contribution is -2.55. The number of hydrogen-bond donors (Lipinski definition) is 3. The average Bonchev–Trinajstić information content (AvgIpc) is 3.30. The summed E-state index contributed by atoms with van der Waals surface area (Å²) in [6, 6.07) is 10.3. The van der Waals surface area contributed by atoms with E-state index in [1.807, 2.05) is 18.2 Å². The molecule has 1 amide bonds. The Bertz CT molecular complexity index is 1120. The Labute approximate surface area is 236 Å². The predicted molar refractivity (Wildman–Crippen MR) is 146 cm³/mol. The van der Waals surface area contributed by atoms with Crippen LogP contribution >= 0.6 is 15.9 Å². The van der Waals surface area contributed by atoms with Crippen LogP contribution in [-0.4, -0.2) is 54.5 Å². The van der Waals surface area contributed by atoms with Crippen molar-refractivity contribution in [3.05, 3.63) is 69.7 Å². The molecule has 7 nitrogen and oxygen atoms in total. The molecule has 0 aromatic heterocycles. The molecule has 1 heterocycles. The molecule has 39 heavy (non-hydrogen) atoms. The molecule has 1 aliphatic carbocycles. The summed E-state index contributed by atoms with van der Waals surface area (Å²) >= 11 is 3.57. The zero-order valence-electron chi connectivity index (χ0n) is 22.6. The number of hydrogen-bond acceptors (Lipinski definition) is 6. The van der Waals surface area contributed by atoms with Gasteiger partial charge < -0.3 is 30.0 Å². The molecule has 1 spiro atoms. The maximum absolute atomic E-state index is 13.9. The third kappa shape index (κ3) is 7.98. The number of aliphatic hydroxyl groups is 1. The van der Waals surface area contributed by atoms with E-state index in [9.17, 15) is 18.7 Å². The summed E-state index contributed by atoms with van der Waals surface area (Å²) in [6.07, 6.45) is 0.967. The molecule has 1 saturated heterocycles. The van der Waals surface area contributed by atoms with Crippen LogP contribution in [0.2, 0.25) is 0 Å². The molecule has 3 N–H and O–H groups in total. The van der Waals surface area contributed by atoms with Crippen molar-refractivity contribution in [3.8, 4) is 0 Å². The smallest absolute Gasteiger partial charge is 0.407 e. The van der Waals surface area contributed by atoms with E-state index in [-0.39, 0.29) is 13.0 Å². The van der Waals surface area contributed by atoms with Gasteiger partial charge in [-0.1, -0.05) is 28.1 Å². The number of benzene rings is 2. The minimum atomic E-state index is -1.09. The maximum Gasteiger partial charge on any atom is 0.407 e. The van der Waals surface area contributed by atoms with Crippen molar-refractivity contribution in [3.63, 3.8) is 0 Å². The van der Waals surface area contributed by atoms with Gasteiger partial charge in [0.15, 0.2) is 5.79 Å². The molecule has 2 atom stereocenters. The third-order valence-electron chi connectivity index (χ3n) is 7.25. The standard InChI is InChI=1S/C29H37BrF2N2O5/c1-27(2,3)39-26(36)34-24(15-19-13-22(31)17-23(32)14-19)25(35)18-33-28(20-5-4-6-21(30)16-20)7-9-29(10-8-28)37-11-12-38-29/h4-6,13-14,16-17,24-25,33,35H,7-12,15,18H2,1-3H3,(H,34,36). The number of amides is 1. The van der Waals surface area contributed by atoms with Gasteiger partial charge in [-0.15, -0.1) is 0 Å². The molecule has 4 rings (SSSR count). The molecule has 1 aliphatic heterocycles. The van der Waals surface area contributed by atoms with E-state index >= 15 is 0 Å². The first-order valence-corrected chi connectivity index (χ1v) is 14.1. The topological polar surface area (TPSA) is 89.1 Å². The lowest BCUT2D eigenvalue weighted by atomic mass is 9.74. The van der Waals surface area contributed by atoms with Crippen LogP contribution in [-0.2, 0) is 26.2 Å². The normalized spacial score (nSPS) is 20.0. The summed E-state index contributed by atoms with van der Waals surface area (Å²) in [6.45, 7) is 6.47. The van der Waals surface area contributed by atoms with Crippen LogP contribution < -0.4 is 10.6 Å². The minimum Gasteiger partial charge on any atom is -0.444 e. The van der Waals surface area contributed by atoms with Crippen LogP contribution in [0, 0.1) is 11.6 Å². The molecule has 2 aliphatic rings. The van der Waals surface area contributed by atoms with E-state index in [0.29, 0.717) is 44.5 Å². The fourth-order valence-electron chi connectivity index (χ4n) is 5.36. The van der Waals surface area contributed by atoms with E-state index in [2.05, 4.69) is 32.6 Å². The fraction of sp³-hybridized carbons (Fsp3) is 0.552. The molecule has 214 valence electrons. The first-order valence-electron chi connectivity index (χ1n) is 13.3. The first-order chi connectivity index (χ1) is 18.4. The monoisotopic (exact) mass is 610 g/mol. The van der Waals surface area contributed by atoms with Crippen molar-refractivity contribution >= 4 is 22.0 Å². The Morgan fingerprint density at radius 2 is 1.72 bits per heavy atom. The average molecular weight is 612 g/mol. The number of rotatable bonds is 8. The number of aliphatic hydroxyl groups excluding tert-OH is 1.